The first-order valence-corrected chi connectivity index (χ1v) is 7.16. The van der Waals surface area contributed by atoms with E-state index in [-0.39, 0.29) is 11.6 Å². The highest BCUT2D eigenvalue weighted by Gasteiger charge is 2.17. The van der Waals surface area contributed by atoms with Crippen molar-refractivity contribution in [2.75, 3.05) is 10.7 Å². The van der Waals surface area contributed by atoms with Gasteiger partial charge < -0.3 is 5.43 Å². The number of carbonyl (C=O) groups excluding carboxylic acids is 1. The summed E-state index contributed by atoms with van der Waals surface area (Å²) in [7, 11) is 0. The van der Waals surface area contributed by atoms with Gasteiger partial charge in [0.25, 0.3) is 5.91 Å². The van der Waals surface area contributed by atoms with Gasteiger partial charge in [-0.2, -0.15) is 0 Å². The molecule has 3 rings (SSSR count). The molecule has 0 radical (unpaired) electrons. The van der Waals surface area contributed by atoms with Crippen LogP contribution in [0.1, 0.15) is 33.9 Å². The molecular formula is C12H14N6OS. The summed E-state index contributed by atoms with van der Waals surface area (Å²) in [6.07, 6.45) is 7.24. The van der Waals surface area contributed by atoms with Crippen LogP contribution in [-0.2, 0) is 12.8 Å². The monoisotopic (exact) mass is 290 g/mol. The minimum Gasteiger partial charge on any atom is -0.307 e. The number of nitrogens with zero attached hydrogens (tertiary/aromatic N) is 3. The number of amides is 1. The summed E-state index contributed by atoms with van der Waals surface area (Å²) in [5.74, 6) is 5.25. The van der Waals surface area contributed by atoms with Crippen molar-refractivity contribution in [3.05, 3.63) is 28.7 Å². The number of fused-ring (bicyclic) bond motifs is 1. The number of hydrogen-bond donors (Lipinski definition) is 3. The maximum absolute atomic E-state index is 12.1. The third-order valence-electron chi connectivity index (χ3n) is 3.08. The molecule has 2 aromatic heterocycles. The van der Waals surface area contributed by atoms with Crippen LogP contribution in [0, 0.1) is 0 Å². The van der Waals surface area contributed by atoms with E-state index in [1.807, 2.05) is 0 Å². The van der Waals surface area contributed by atoms with Gasteiger partial charge in [-0.3, -0.25) is 15.1 Å². The molecule has 2 aromatic rings. The molecule has 0 bridgehead atoms. The zero-order chi connectivity index (χ0) is 13.9. The van der Waals surface area contributed by atoms with Gasteiger partial charge in [0.05, 0.1) is 18.1 Å². The Hall–Kier alpha value is -2.06. The Morgan fingerprint density at radius 2 is 2.10 bits per heavy atom. The highest BCUT2D eigenvalue weighted by molar-refractivity contribution is 7.15. The molecule has 8 heteroatoms. The predicted octanol–water partition coefficient (Wildman–Crippen LogP) is 1.35. The first-order valence-electron chi connectivity index (χ1n) is 6.35. The molecule has 1 aliphatic rings. The minimum atomic E-state index is -0.333. The maximum atomic E-state index is 12.1. The van der Waals surface area contributed by atoms with Crippen LogP contribution >= 0.6 is 11.3 Å². The van der Waals surface area contributed by atoms with Crippen molar-refractivity contribution in [3.63, 3.8) is 0 Å². The zero-order valence-corrected chi connectivity index (χ0v) is 11.5. The fourth-order valence-electron chi connectivity index (χ4n) is 2.11. The van der Waals surface area contributed by atoms with E-state index in [9.17, 15) is 4.79 Å². The Morgan fingerprint density at radius 1 is 1.25 bits per heavy atom. The summed E-state index contributed by atoms with van der Waals surface area (Å²) < 4.78 is 0. The van der Waals surface area contributed by atoms with Crippen LogP contribution in [0.15, 0.2) is 12.4 Å². The van der Waals surface area contributed by atoms with E-state index in [0.29, 0.717) is 10.9 Å². The Labute approximate surface area is 119 Å². The minimum absolute atomic E-state index is 0.202. The number of hydrogen-bond acceptors (Lipinski definition) is 7. The highest BCUT2D eigenvalue weighted by Crippen LogP contribution is 2.29. The molecule has 0 saturated heterocycles. The largest absolute Gasteiger partial charge is 0.307 e. The molecule has 0 spiro atoms. The lowest BCUT2D eigenvalue weighted by Crippen LogP contribution is -2.16. The second kappa shape index (κ2) is 5.51. The fraction of sp³-hybridized carbons (Fsp3) is 0.333. The van der Waals surface area contributed by atoms with Crippen LogP contribution in [0.3, 0.4) is 0 Å². The van der Waals surface area contributed by atoms with E-state index in [0.717, 1.165) is 18.5 Å². The van der Waals surface area contributed by atoms with E-state index >= 15 is 0 Å². The zero-order valence-electron chi connectivity index (χ0n) is 10.7. The van der Waals surface area contributed by atoms with Crippen LogP contribution in [0.2, 0.25) is 0 Å². The van der Waals surface area contributed by atoms with Crippen molar-refractivity contribution in [1.29, 1.82) is 0 Å². The number of anilines is 2. The lowest BCUT2D eigenvalue weighted by atomic mass is 10.0. The molecule has 0 atom stereocenters. The Morgan fingerprint density at radius 3 is 2.90 bits per heavy atom. The van der Waals surface area contributed by atoms with Crippen molar-refractivity contribution >= 4 is 28.2 Å². The predicted molar refractivity (Wildman–Crippen MR) is 76.6 cm³/mol. The average molecular weight is 290 g/mol. The van der Waals surface area contributed by atoms with Gasteiger partial charge in [0.15, 0.2) is 10.9 Å². The summed E-state index contributed by atoms with van der Waals surface area (Å²) in [5.41, 5.74) is 3.67. The average Bonchev–Trinajstić information content (AvgIpc) is 2.89. The van der Waals surface area contributed by atoms with Crippen molar-refractivity contribution in [3.8, 4) is 0 Å². The molecule has 0 fully saturated rings. The van der Waals surface area contributed by atoms with Gasteiger partial charge in [0.1, 0.15) is 5.69 Å². The molecule has 1 aliphatic carbocycles. The number of nitrogens with two attached hydrogens (primary N) is 1. The molecule has 0 aliphatic heterocycles. The summed E-state index contributed by atoms with van der Waals surface area (Å²) in [6, 6.07) is 0. The normalized spacial score (nSPS) is 13.7. The van der Waals surface area contributed by atoms with Gasteiger partial charge in [0.2, 0.25) is 0 Å². The van der Waals surface area contributed by atoms with Crippen LogP contribution < -0.4 is 16.6 Å². The third kappa shape index (κ3) is 2.61. The van der Waals surface area contributed by atoms with Crippen molar-refractivity contribution in [2.24, 2.45) is 5.84 Å². The Balaban J connectivity index is 1.76. The molecule has 1 amide bonds. The van der Waals surface area contributed by atoms with Crippen molar-refractivity contribution in [2.45, 2.75) is 25.7 Å². The lowest BCUT2D eigenvalue weighted by Gasteiger charge is -2.06. The van der Waals surface area contributed by atoms with E-state index in [1.54, 1.807) is 0 Å². The number of nitrogens with one attached hydrogen (secondary N) is 2. The summed E-state index contributed by atoms with van der Waals surface area (Å²) in [6.45, 7) is 0. The fourth-order valence-corrected chi connectivity index (χ4v) is 3.16. The molecule has 0 unspecified atom stereocenters. The number of hydrazine groups is 1. The molecule has 2 heterocycles. The second-order valence-electron chi connectivity index (χ2n) is 4.48. The maximum Gasteiger partial charge on any atom is 0.277 e. The number of rotatable bonds is 3. The van der Waals surface area contributed by atoms with Crippen LogP contribution in [0.25, 0.3) is 0 Å². The molecule has 7 nitrogen and oxygen atoms in total. The number of carbonyl (C=O) groups is 1. The van der Waals surface area contributed by atoms with E-state index in [2.05, 4.69) is 25.7 Å². The highest BCUT2D eigenvalue weighted by atomic mass is 32.1. The standard InChI is InChI=1S/C12H14N6OS/c13-18-10-6-14-5-8(15-10)11(19)17-12-16-7-3-1-2-4-9(7)20-12/h5-6H,1-4,13H2,(H,15,18)(H,16,17,19). The van der Waals surface area contributed by atoms with E-state index < -0.39 is 0 Å². The van der Waals surface area contributed by atoms with Crippen LogP contribution in [0.5, 0.6) is 0 Å². The summed E-state index contributed by atoms with van der Waals surface area (Å²) in [5, 5.41) is 3.38. The van der Waals surface area contributed by atoms with E-state index in [4.69, 9.17) is 5.84 Å². The molecule has 104 valence electrons. The van der Waals surface area contributed by atoms with E-state index in [1.165, 1.54) is 41.4 Å². The Bertz CT molecular complexity index is 617. The molecule has 20 heavy (non-hydrogen) atoms. The topological polar surface area (TPSA) is 106 Å². The molecule has 0 aromatic carbocycles. The first kappa shape index (κ1) is 12.9. The second-order valence-corrected chi connectivity index (χ2v) is 5.57. The third-order valence-corrected chi connectivity index (χ3v) is 4.15. The number of aromatic nitrogens is 3. The van der Waals surface area contributed by atoms with Crippen LogP contribution in [0.4, 0.5) is 10.9 Å². The van der Waals surface area contributed by atoms with Gasteiger partial charge in [-0.1, -0.05) is 0 Å². The summed E-state index contributed by atoms with van der Waals surface area (Å²) in [4.78, 5) is 25.7. The van der Waals surface area contributed by atoms with Gasteiger partial charge in [0, 0.05) is 4.88 Å². The molecule has 4 N–H and O–H groups in total. The van der Waals surface area contributed by atoms with Gasteiger partial charge in [-0.15, -0.1) is 11.3 Å². The lowest BCUT2D eigenvalue weighted by molar-refractivity contribution is 0.102. The molecular weight excluding hydrogens is 276 g/mol. The SMILES string of the molecule is NNc1cncc(C(=O)Nc2nc3c(s2)CCCC3)n1. The Kier molecular flexibility index (Phi) is 3.57. The van der Waals surface area contributed by atoms with Crippen molar-refractivity contribution < 1.29 is 4.79 Å². The van der Waals surface area contributed by atoms with Gasteiger partial charge in [-0.25, -0.2) is 15.8 Å². The van der Waals surface area contributed by atoms with Gasteiger partial charge in [-0.05, 0) is 25.7 Å². The summed E-state index contributed by atoms with van der Waals surface area (Å²) >= 11 is 1.54. The molecule has 0 saturated carbocycles. The van der Waals surface area contributed by atoms with Gasteiger partial charge >= 0.3 is 0 Å². The van der Waals surface area contributed by atoms with Crippen molar-refractivity contribution in [1.82, 2.24) is 15.0 Å². The number of aryl methyl sites for hydroxylation is 2. The smallest absolute Gasteiger partial charge is 0.277 e. The number of nitrogen functional groups attached to an aromatic ring is 1. The quantitative estimate of drug-likeness (QED) is 0.582. The first-order chi connectivity index (χ1) is 9.76. The number of thiazole rings is 1. The van der Waals surface area contributed by atoms with Crippen LogP contribution in [-0.4, -0.2) is 20.9 Å².